The van der Waals surface area contributed by atoms with Crippen LogP contribution in [0.4, 0.5) is 5.69 Å². The number of amides is 1. The minimum atomic E-state index is -0.868. The number of anilines is 1. The molecule has 92 valence electrons. The summed E-state index contributed by atoms with van der Waals surface area (Å²) in [6, 6.07) is 5.66. The van der Waals surface area contributed by atoms with E-state index in [9.17, 15) is 9.90 Å². The molecular weight excluding hydrogens is 284 g/mol. The molecule has 1 amide bonds. The highest BCUT2D eigenvalue weighted by Crippen LogP contribution is 2.21. The Morgan fingerprint density at radius 1 is 1.59 bits per heavy atom. The lowest BCUT2D eigenvalue weighted by atomic mass is 9.93. The van der Waals surface area contributed by atoms with Crippen molar-refractivity contribution < 1.29 is 9.90 Å². The van der Waals surface area contributed by atoms with Crippen molar-refractivity contribution in [1.82, 2.24) is 5.32 Å². The Morgan fingerprint density at radius 2 is 2.29 bits per heavy atom. The van der Waals surface area contributed by atoms with Crippen molar-refractivity contribution in [3.8, 4) is 0 Å². The van der Waals surface area contributed by atoms with Crippen LogP contribution in [0, 0.1) is 6.92 Å². The molecule has 1 aromatic rings. The van der Waals surface area contributed by atoms with Crippen LogP contribution >= 0.6 is 15.9 Å². The average Bonchev–Trinajstić information content (AvgIpc) is 2.20. The molecule has 1 aliphatic rings. The van der Waals surface area contributed by atoms with Gasteiger partial charge in [-0.1, -0.05) is 15.9 Å². The predicted octanol–water partition coefficient (Wildman–Crippen LogP) is 1.42. The standard InChI is InChI=1S/C12H15BrN2O2/c1-8-4-9(13)2-3-10(8)15-11(16)5-12(17)6-14-7-12/h2-4,14,17H,5-7H2,1H3,(H,15,16). The molecule has 17 heavy (non-hydrogen) atoms. The molecule has 4 nitrogen and oxygen atoms in total. The third kappa shape index (κ3) is 3.06. The van der Waals surface area contributed by atoms with E-state index in [2.05, 4.69) is 26.6 Å². The lowest BCUT2D eigenvalue weighted by Crippen LogP contribution is -2.60. The minimum absolute atomic E-state index is 0.134. The second kappa shape index (κ2) is 4.76. The van der Waals surface area contributed by atoms with E-state index in [1.54, 1.807) is 0 Å². The van der Waals surface area contributed by atoms with E-state index in [1.807, 2.05) is 25.1 Å². The Morgan fingerprint density at radius 3 is 2.82 bits per heavy atom. The summed E-state index contributed by atoms with van der Waals surface area (Å²) < 4.78 is 0.981. The monoisotopic (exact) mass is 298 g/mol. The maximum absolute atomic E-state index is 11.7. The van der Waals surface area contributed by atoms with Crippen LogP contribution in [0.2, 0.25) is 0 Å². The van der Waals surface area contributed by atoms with Gasteiger partial charge in [-0.25, -0.2) is 0 Å². The van der Waals surface area contributed by atoms with Gasteiger partial charge in [0, 0.05) is 23.2 Å². The summed E-state index contributed by atoms with van der Waals surface area (Å²) in [5, 5.41) is 15.6. The molecule has 0 atom stereocenters. The molecular formula is C12H15BrN2O2. The Kier molecular flexibility index (Phi) is 3.51. The van der Waals surface area contributed by atoms with Gasteiger partial charge in [-0.15, -0.1) is 0 Å². The zero-order valence-corrected chi connectivity index (χ0v) is 11.2. The van der Waals surface area contributed by atoms with Gasteiger partial charge < -0.3 is 15.7 Å². The van der Waals surface area contributed by atoms with Crippen LogP contribution in [0.15, 0.2) is 22.7 Å². The average molecular weight is 299 g/mol. The highest BCUT2D eigenvalue weighted by molar-refractivity contribution is 9.10. The topological polar surface area (TPSA) is 61.4 Å². The molecule has 0 aromatic heterocycles. The van der Waals surface area contributed by atoms with Gasteiger partial charge in [0.25, 0.3) is 0 Å². The van der Waals surface area contributed by atoms with E-state index < -0.39 is 5.60 Å². The number of hydrogen-bond donors (Lipinski definition) is 3. The van der Waals surface area contributed by atoms with Gasteiger partial charge in [0.2, 0.25) is 5.91 Å². The number of benzene rings is 1. The first-order valence-electron chi connectivity index (χ1n) is 5.48. The summed E-state index contributed by atoms with van der Waals surface area (Å²) >= 11 is 3.37. The molecule has 1 heterocycles. The number of aryl methyl sites for hydroxylation is 1. The molecule has 5 heteroatoms. The van der Waals surface area contributed by atoms with Crippen LogP contribution in [0.25, 0.3) is 0 Å². The summed E-state index contributed by atoms with van der Waals surface area (Å²) in [5.74, 6) is -0.153. The lowest BCUT2D eigenvalue weighted by Gasteiger charge is -2.36. The Balaban J connectivity index is 1.98. The van der Waals surface area contributed by atoms with E-state index >= 15 is 0 Å². The second-order valence-electron chi connectivity index (χ2n) is 4.51. The molecule has 2 rings (SSSR count). The molecule has 0 unspecified atom stereocenters. The largest absolute Gasteiger partial charge is 0.387 e. The molecule has 1 fully saturated rings. The third-order valence-electron chi connectivity index (χ3n) is 2.86. The van der Waals surface area contributed by atoms with Crippen molar-refractivity contribution in [2.24, 2.45) is 0 Å². The molecule has 0 bridgehead atoms. The van der Waals surface area contributed by atoms with Gasteiger partial charge in [-0.2, -0.15) is 0 Å². The van der Waals surface area contributed by atoms with Gasteiger partial charge in [-0.3, -0.25) is 4.79 Å². The molecule has 3 N–H and O–H groups in total. The van der Waals surface area contributed by atoms with Gasteiger partial charge in [0.05, 0.1) is 12.0 Å². The first-order valence-corrected chi connectivity index (χ1v) is 6.27. The van der Waals surface area contributed by atoms with Crippen molar-refractivity contribution in [3.05, 3.63) is 28.2 Å². The maximum atomic E-state index is 11.7. The molecule has 1 aliphatic heterocycles. The van der Waals surface area contributed by atoms with Crippen molar-refractivity contribution in [3.63, 3.8) is 0 Å². The molecule has 1 aromatic carbocycles. The summed E-state index contributed by atoms with van der Waals surface area (Å²) in [7, 11) is 0. The van der Waals surface area contributed by atoms with Gasteiger partial charge in [-0.05, 0) is 30.7 Å². The Bertz CT molecular complexity index is 444. The number of nitrogens with one attached hydrogen (secondary N) is 2. The van der Waals surface area contributed by atoms with Crippen LogP contribution < -0.4 is 10.6 Å². The summed E-state index contributed by atoms with van der Waals surface area (Å²) in [6.45, 7) is 2.90. The first-order chi connectivity index (χ1) is 7.98. The summed E-state index contributed by atoms with van der Waals surface area (Å²) in [5.41, 5.74) is 0.911. The highest BCUT2D eigenvalue weighted by atomic mass is 79.9. The van der Waals surface area contributed by atoms with Crippen molar-refractivity contribution >= 4 is 27.5 Å². The van der Waals surface area contributed by atoms with Crippen LogP contribution in [0.5, 0.6) is 0 Å². The summed E-state index contributed by atoms with van der Waals surface area (Å²) in [4.78, 5) is 11.7. The molecule has 0 aliphatic carbocycles. The van der Waals surface area contributed by atoms with Crippen LogP contribution in [0.1, 0.15) is 12.0 Å². The van der Waals surface area contributed by atoms with Crippen molar-refractivity contribution in [2.45, 2.75) is 18.9 Å². The van der Waals surface area contributed by atoms with Crippen molar-refractivity contribution in [2.75, 3.05) is 18.4 Å². The third-order valence-corrected chi connectivity index (χ3v) is 3.35. The number of carbonyl (C=O) groups excluding carboxylic acids is 1. The fourth-order valence-electron chi connectivity index (χ4n) is 1.80. The number of aliphatic hydroxyl groups is 1. The number of carbonyl (C=O) groups is 1. The minimum Gasteiger partial charge on any atom is -0.387 e. The summed E-state index contributed by atoms with van der Waals surface area (Å²) in [6.07, 6.45) is 0.134. The van der Waals surface area contributed by atoms with Gasteiger partial charge in [0.1, 0.15) is 0 Å². The predicted molar refractivity (Wildman–Crippen MR) is 69.9 cm³/mol. The number of halogens is 1. The van der Waals surface area contributed by atoms with E-state index in [0.717, 1.165) is 15.7 Å². The first kappa shape index (κ1) is 12.5. The van der Waals surface area contributed by atoms with E-state index in [4.69, 9.17) is 0 Å². The highest BCUT2D eigenvalue weighted by Gasteiger charge is 2.36. The number of rotatable bonds is 3. The number of β-amino-alcohol motifs (C(OH)–C–C–N with tert-alkyl or cyclic N) is 1. The smallest absolute Gasteiger partial charge is 0.227 e. The van der Waals surface area contributed by atoms with E-state index in [-0.39, 0.29) is 12.3 Å². The van der Waals surface area contributed by atoms with E-state index in [0.29, 0.717) is 13.1 Å². The quantitative estimate of drug-likeness (QED) is 0.791. The fraction of sp³-hybridized carbons (Fsp3) is 0.417. The Labute approximate surface area is 109 Å². The fourth-order valence-corrected chi connectivity index (χ4v) is 2.27. The molecule has 0 spiro atoms. The Hall–Kier alpha value is -0.910. The molecule has 0 saturated carbocycles. The van der Waals surface area contributed by atoms with Crippen LogP contribution in [-0.4, -0.2) is 29.7 Å². The van der Waals surface area contributed by atoms with Crippen molar-refractivity contribution in [1.29, 1.82) is 0 Å². The molecule has 0 radical (unpaired) electrons. The number of hydrogen-bond acceptors (Lipinski definition) is 3. The second-order valence-corrected chi connectivity index (χ2v) is 5.43. The van der Waals surface area contributed by atoms with E-state index in [1.165, 1.54) is 0 Å². The zero-order chi connectivity index (χ0) is 12.5. The maximum Gasteiger partial charge on any atom is 0.227 e. The zero-order valence-electron chi connectivity index (χ0n) is 9.59. The normalized spacial score (nSPS) is 17.4. The van der Waals surface area contributed by atoms with Crippen LogP contribution in [-0.2, 0) is 4.79 Å². The SMILES string of the molecule is Cc1cc(Br)ccc1NC(=O)CC1(O)CNC1. The van der Waals surface area contributed by atoms with Gasteiger partial charge >= 0.3 is 0 Å². The lowest BCUT2D eigenvalue weighted by molar-refractivity contribution is -0.123. The van der Waals surface area contributed by atoms with Gasteiger partial charge in [0.15, 0.2) is 0 Å². The van der Waals surface area contributed by atoms with Crippen LogP contribution in [0.3, 0.4) is 0 Å². The molecule has 1 saturated heterocycles.